The summed E-state index contributed by atoms with van der Waals surface area (Å²) in [5, 5.41) is 3.83. The van der Waals surface area contributed by atoms with Crippen LogP contribution in [-0.2, 0) is 0 Å². The fourth-order valence-electron chi connectivity index (χ4n) is 2.86. The summed E-state index contributed by atoms with van der Waals surface area (Å²) in [6, 6.07) is 19.3. The second-order valence-electron chi connectivity index (χ2n) is 5.74. The Morgan fingerprint density at radius 2 is 1.71 bits per heavy atom. The van der Waals surface area contributed by atoms with Crippen LogP contribution in [0.25, 0.3) is 5.69 Å². The Bertz CT molecular complexity index is 851. The maximum absolute atomic E-state index is 12.6. The van der Waals surface area contributed by atoms with Gasteiger partial charge in [-0.1, -0.05) is 29.8 Å². The molecular formula is C20H19ClN2O. The van der Waals surface area contributed by atoms with Crippen molar-refractivity contribution < 1.29 is 4.79 Å². The number of carbonyl (C=O) groups excluding carboxylic acids is 1. The molecular weight excluding hydrogens is 320 g/mol. The Labute approximate surface area is 146 Å². The van der Waals surface area contributed by atoms with E-state index in [4.69, 9.17) is 11.6 Å². The molecule has 0 radical (unpaired) electrons. The fraction of sp³-hybridized carbons (Fsp3) is 0.150. The molecule has 0 aliphatic heterocycles. The highest BCUT2D eigenvalue weighted by atomic mass is 35.5. The first-order chi connectivity index (χ1) is 11.6. The number of rotatable bonds is 5. The molecule has 0 saturated heterocycles. The molecule has 0 atom stereocenters. The topological polar surface area (TPSA) is 34.0 Å². The van der Waals surface area contributed by atoms with Gasteiger partial charge in [-0.2, -0.15) is 0 Å². The van der Waals surface area contributed by atoms with Gasteiger partial charge in [0.1, 0.15) is 0 Å². The van der Waals surface area contributed by atoms with Gasteiger partial charge in [-0.25, -0.2) is 0 Å². The Kier molecular flexibility index (Phi) is 4.72. The van der Waals surface area contributed by atoms with E-state index in [-0.39, 0.29) is 12.3 Å². The number of aromatic nitrogens is 1. The van der Waals surface area contributed by atoms with E-state index in [1.165, 1.54) is 0 Å². The summed E-state index contributed by atoms with van der Waals surface area (Å²) in [6.45, 7) is 4.25. The number of nitrogens with zero attached hydrogens (tertiary/aromatic N) is 1. The van der Waals surface area contributed by atoms with E-state index in [9.17, 15) is 4.79 Å². The molecule has 0 unspecified atom stereocenters. The molecule has 3 rings (SSSR count). The number of Topliss-reactive ketones (excluding diaryl/α,β-unsaturated/α-hetero) is 1. The highest BCUT2D eigenvalue weighted by Crippen LogP contribution is 2.21. The van der Waals surface area contributed by atoms with Gasteiger partial charge in [0, 0.05) is 33.3 Å². The molecule has 24 heavy (non-hydrogen) atoms. The van der Waals surface area contributed by atoms with E-state index in [1.807, 2.05) is 62.4 Å². The number of ketones is 1. The highest BCUT2D eigenvalue weighted by Gasteiger charge is 2.16. The van der Waals surface area contributed by atoms with Crippen molar-refractivity contribution in [1.82, 2.24) is 4.57 Å². The Morgan fingerprint density at radius 3 is 2.38 bits per heavy atom. The molecule has 1 heterocycles. The van der Waals surface area contributed by atoms with Gasteiger partial charge in [0.05, 0.1) is 6.54 Å². The quantitative estimate of drug-likeness (QED) is 0.661. The minimum atomic E-state index is 0.0697. The number of aryl methyl sites for hydroxylation is 1. The van der Waals surface area contributed by atoms with Crippen molar-refractivity contribution in [2.75, 3.05) is 11.9 Å². The zero-order valence-corrected chi connectivity index (χ0v) is 14.5. The summed E-state index contributed by atoms with van der Waals surface area (Å²) >= 11 is 5.87. The third-order valence-electron chi connectivity index (χ3n) is 4.04. The largest absolute Gasteiger partial charge is 0.378 e. The van der Waals surface area contributed by atoms with Crippen molar-refractivity contribution in [3.05, 3.63) is 82.6 Å². The molecule has 0 spiro atoms. The number of hydrogen-bond acceptors (Lipinski definition) is 2. The van der Waals surface area contributed by atoms with Crippen LogP contribution in [-0.4, -0.2) is 16.9 Å². The van der Waals surface area contributed by atoms with Crippen molar-refractivity contribution in [1.29, 1.82) is 0 Å². The standard InChI is InChI=1S/C20H19ClN2O/c1-14-12-19(15(2)23(14)18-6-4-3-5-7-18)20(24)13-22-17-10-8-16(21)9-11-17/h3-12,22H,13H2,1-2H3. The third-order valence-corrected chi connectivity index (χ3v) is 4.30. The molecule has 0 fully saturated rings. The molecule has 3 nitrogen and oxygen atoms in total. The molecule has 1 aromatic heterocycles. The van der Waals surface area contributed by atoms with Gasteiger partial charge < -0.3 is 9.88 Å². The molecule has 122 valence electrons. The van der Waals surface area contributed by atoms with Crippen LogP contribution < -0.4 is 5.32 Å². The number of nitrogens with one attached hydrogen (secondary N) is 1. The van der Waals surface area contributed by atoms with Crippen LogP contribution in [0.3, 0.4) is 0 Å². The lowest BCUT2D eigenvalue weighted by atomic mass is 10.1. The Balaban J connectivity index is 1.79. The number of halogens is 1. The summed E-state index contributed by atoms with van der Waals surface area (Å²) < 4.78 is 2.11. The lowest BCUT2D eigenvalue weighted by molar-refractivity contribution is 0.101. The number of hydrogen-bond donors (Lipinski definition) is 1. The summed E-state index contributed by atoms with van der Waals surface area (Å²) in [6.07, 6.45) is 0. The average Bonchev–Trinajstić information content (AvgIpc) is 2.89. The summed E-state index contributed by atoms with van der Waals surface area (Å²) in [4.78, 5) is 12.6. The fourth-order valence-corrected chi connectivity index (χ4v) is 2.99. The molecule has 0 amide bonds. The number of anilines is 1. The zero-order valence-electron chi connectivity index (χ0n) is 13.7. The van der Waals surface area contributed by atoms with Crippen LogP contribution in [0.5, 0.6) is 0 Å². The summed E-state index contributed by atoms with van der Waals surface area (Å²) in [7, 11) is 0. The first-order valence-electron chi connectivity index (χ1n) is 7.83. The van der Waals surface area contributed by atoms with Crippen molar-refractivity contribution >= 4 is 23.1 Å². The summed E-state index contributed by atoms with van der Waals surface area (Å²) in [5.41, 5.74) is 4.70. The lowest BCUT2D eigenvalue weighted by Gasteiger charge is -2.10. The van der Waals surface area contributed by atoms with Crippen molar-refractivity contribution in [3.63, 3.8) is 0 Å². The first kappa shape index (κ1) is 16.3. The van der Waals surface area contributed by atoms with Gasteiger partial charge >= 0.3 is 0 Å². The van der Waals surface area contributed by atoms with Gasteiger partial charge in [-0.05, 0) is 56.3 Å². The van der Waals surface area contributed by atoms with Gasteiger partial charge in [-0.15, -0.1) is 0 Å². The van der Waals surface area contributed by atoms with Gasteiger partial charge in [-0.3, -0.25) is 4.79 Å². The van der Waals surface area contributed by atoms with Crippen molar-refractivity contribution in [2.24, 2.45) is 0 Å². The second-order valence-corrected chi connectivity index (χ2v) is 6.18. The maximum Gasteiger partial charge on any atom is 0.183 e. The Morgan fingerprint density at radius 1 is 1.04 bits per heavy atom. The summed E-state index contributed by atoms with van der Waals surface area (Å²) in [5.74, 6) is 0.0697. The van der Waals surface area contributed by atoms with Gasteiger partial charge in [0.2, 0.25) is 0 Å². The monoisotopic (exact) mass is 338 g/mol. The van der Waals surface area contributed by atoms with Crippen molar-refractivity contribution in [3.8, 4) is 5.69 Å². The molecule has 1 N–H and O–H groups in total. The van der Waals surface area contributed by atoms with E-state index in [0.29, 0.717) is 5.02 Å². The van der Waals surface area contributed by atoms with Crippen LogP contribution in [0.15, 0.2) is 60.7 Å². The van der Waals surface area contributed by atoms with Crippen LogP contribution in [0.2, 0.25) is 5.02 Å². The van der Waals surface area contributed by atoms with E-state index in [2.05, 4.69) is 9.88 Å². The van der Waals surface area contributed by atoms with Gasteiger partial charge in [0.15, 0.2) is 5.78 Å². The molecule has 2 aromatic carbocycles. The number of benzene rings is 2. The molecule has 0 bridgehead atoms. The normalized spacial score (nSPS) is 10.6. The predicted octanol–water partition coefficient (Wildman–Crippen LogP) is 5.04. The molecule has 0 aliphatic carbocycles. The van der Waals surface area contributed by atoms with E-state index < -0.39 is 0 Å². The first-order valence-corrected chi connectivity index (χ1v) is 8.21. The minimum Gasteiger partial charge on any atom is -0.378 e. The third kappa shape index (κ3) is 3.36. The average molecular weight is 339 g/mol. The smallest absolute Gasteiger partial charge is 0.183 e. The molecule has 0 aliphatic rings. The van der Waals surface area contributed by atoms with Crippen LogP contribution in [0.4, 0.5) is 5.69 Å². The zero-order chi connectivity index (χ0) is 17.1. The number of para-hydroxylation sites is 1. The highest BCUT2D eigenvalue weighted by molar-refractivity contribution is 6.30. The van der Waals surface area contributed by atoms with Gasteiger partial charge in [0.25, 0.3) is 0 Å². The van der Waals surface area contributed by atoms with Crippen LogP contribution in [0.1, 0.15) is 21.7 Å². The van der Waals surface area contributed by atoms with Crippen LogP contribution >= 0.6 is 11.6 Å². The lowest BCUT2D eigenvalue weighted by Crippen LogP contribution is -2.14. The van der Waals surface area contributed by atoms with E-state index in [0.717, 1.165) is 28.3 Å². The molecule has 0 saturated carbocycles. The predicted molar refractivity (Wildman–Crippen MR) is 99.5 cm³/mol. The SMILES string of the molecule is Cc1cc(C(=O)CNc2ccc(Cl)cc2)c(C)n1-c1ccccc1. The van der Waals surface area contributed by atoms with Crippen LogP contribution in [0, 0.1) is 13.8 Å². The minimum absolute atomic E-state index is 0.0697. The Hall–Kier alpha value is -2.52. The van der Waals surface area contributed by atoms with E-state index in [1.54, 1.807) is 12.1 Å². The molecule has 4 heteroatoms. The van der Waals surface area contributed by atoms with E-state index >= 15 is 0 Å². The maximum atomic E-state index is 12.6. The second kappa shape index (κ2) is 6.93. The number of carbonyl (C=O) groups is 1. The van der Waals surface area contributed by atoms with Crippen molar-refractivity contribution in [2.45, 2.75) is 13.8 Å². The molecule has 3 aromatic rings.